The summed E-state index contributed by atoms with van der Waals surface area (Å²) in [7, 11) is 0. The van der Waals surface area contributed by atoms with Gasteiger partial charge in [0.2, 0.25) is 0 Å². The number of hydrogen-bond acceptors (Lipinski definition) is 3. The summed E-state index contributed by atoms with van der Waals surface area (Å²) in [4.78, 5) is 40.6. The van der Waals surface area contributed by atoms with Crippen molar-refractivity contribution in [3.8, 4) is 11.1 Å². The number of aryl methyl sites for hydroxylation is 1. The molecule has 2 aromatic carbocycles. The highest BCUT2D eigenvalue weighted by atomic mass is 16.2. The van der Waals surface area contributed by atoms with Crippen LogP contribution in [-0.4, -0.2) is 17.3 Å². The zero-order valence-electron chi connectivity index (χ0n) is 21.8. The fraction of sp³-hybridized carbons (Fsp3) is 0.406. The Balaban J connectivity index is 1.78. The van der Waals surface area contributed by atoms with E-state index in [1.165, 1.54) is 6.92 Å². The monoisotopic (exact) mass is 466 g/mol. The Bertz CT molecular complexity index is 1360. The Morgan fingerprint density at radius 1 is 0.971 bits per heavy atom. The second kappa shape index (κ2) is 7.98. The highest BCUT2D eigenvalue weighted by molar-refractivity contribution is 6.24. The van der Waals surface area contributed by atoms with Gasteiger partial charge in [-0.2, -0.15) is 0 Å². The van der Waals surface area contributed by atoms with Crippen LogP contribution in [0.5, 0.6) is 0 Å². The van der Waals surface area contributed by atoms with Gasteiger partial charge in [-0.3, -0.25) is 14.4 Å². The smallest absolute Gasteiger partial charge is 0.189 e. The largest absolute Gasteiger partial charge is 0.294 e. The van der Waals surface area contributed by atoms with E-state index < -0.39 is 5.41 Å². The minimum absolute atomic E-state index is 0.0387. The van der Waals surface area contributed by atoms with Crippen molar-refractivity contribution in [3.63, 3.8) is 0 Å². The Morgan fingerprint density at radius 3 is 2.26 bits per heavy atom. The van der Waals surface area contributed by atoms with Crippen LogP contribution in [-0.2, 0) is 9.59 Å². The van der Waals surface area contributed by atoms with Gasteiger partial charge in [-0.05, 0) is 87.0 Å². The lowest BCUT2D eigenvalue weighted by Gasteiger charge is -2.54. The Kier molecular flexibility index (Phi) is 5.39. The second-order valence-corrected chi connectivity index (χ2v) is 11.2. The van der Waals surface area contributed by atoms with Crippen LogP contribution < -0.4 is 0 Å². The van der Waals surface area contributed by atoms with E-state index in [0.29, 0.717) is 12.0 Å². The molecular formula is C32H34O3. The summed E-state index contributed by atoms with van der Waals surface area (Å²) in [6, 6.07) is 14.5. The maximum atomic E-state index is 14.3. The molecule has 0 aliphatic heterocycles. The van der Waals surface area contributed by atoms with Crippen LogP contribution in [0.25, 0.3) is 11.1 Å². The van der Waals surface area contributed by atoms with Crippen LogP contribution in [0, 0.1) is 30.1 Å². The number of benzene rings is 2. The molecule has 0 spiro atoms. The summed E-state index contributed by atoms with van der Waals surface area (Å²) in [5, 5.41) is 0. The molecule has 0 N–H and O–H groups in total. The van der Waals surface area contributed by atoms with Crippen molar-refractivity contribution in [2.45, 2.75) is 60.8 Å². The van der Waals surface area contributed by atoms with E-state index in [-0.39, 0.29) is 41.0 Å². The highest BCUT2D eigenvalue weighted by Crippen LogP contribution is 2.61. The minimum atomic E-state index is -0.830. The van der Waals surface area contributed by atoms with Gasteiger partial charge in [-0.15, -0.1) is 0 Å². The molecule has 3 aliphatic rings. The number of ketones is 3. The molecule has 3 nitrogen and oxygen atoms in total. The van der Waals surface area contributed by atoms with E-state index in [2.05, 4.69) is 32.0 Å². The van der Waals surface area contributed by atoms with Crippen molar-refractivity contribution in [1.29, 1.82) is 0 Å². The zero-order valence-corrected chi connectivity index (χ0v) is 21.8. The standard InChI is InChI=1S/C32H34O3/c1-16-13-14-23(22-11-9-8-10-12-22)28-19(4)27-18(3)24-15-17(2)25(21(6)33)31(35)32(24,7)20(5)29(27)30(34)26(16)28/h8-14,18-19,24,27H,15H2,1-7H3. The Hall–Kier alpha value is -3.07. The molecule has 2 aromatic rings. The summed E-state index contributed by atoms with van der Waals surface area (Å²) >= 11 is 0. The molecule has 0 saturated carbocycles. The SMILES string of the molecule is CC(=O)C1=C(C)CC2C(C)C3C(=C(C)C2(C)C1=O)C(=O)c1c(C)ccc(-c2ccccc2)c1C3C. The van der Waals surface area contributed by atoms with Crippen molar-refractivity contribution in [3.05, 3.63) is 81.4 Å². The molecule has 5 unspecified atom stereocenters. The third-order valence-electron chi connectivity index (χ3n) is 9.47. The maximum absolute atomic E-state index is 14.3. The van der Waals surface area contributed by atoms with Crippen molar-refractivity contribution >= 4 is 17.3 Å². The first-order valence-electron chi connectivity index (χ1n) is 12.7. The third kappa shape index (κ3) is 3.06. The molecule has 0 bridgehead atoms. The third-order valence-corrected chi connectivity index (χ3v) is 9.47. The van der Waals surface area contributed by atoms with Crippen molar-refractivity contribution < 1.29 is 14.4 Å². The Labute approximate surface area is 208 Å². The van der Waals surface area contributed by atoms with Gasteiger partial charge in [-0.1, -0.05) is 67.5 Å². The van der Waals surface area contributed by atoms with E-state index in [1.807, 2.05) is 52.0 Å². The summed E-state index contributed by atoms with van der Waals surface area (Å²) in [5.74, 6) is 0.154. The van der Waals surface area contributed by atoms with Gasteiger partial charge < -0.3 is 0 Å². The maximum Gasteiger partial charge on any atom is 0.189 e. The zero-order chi connectivity index (χ0) is 25.4. The number of allylic oxidation sites excluding steroid dienone is 4. The first kappa shape index (κ1) is 23.7. The normalized spacial score (nSPS) is 30.1. The van der Waals surface area contributed by atoms with Crippen molar-refractivity contribution in [2.24, 2.45) is 23.2 Å². The highest BCUT2D eigenvalue weighted by Gasteiger charge is 2.58. The molecular weight excluding hydrogens is 432 g/mol. The quantitative estimate of drug-likeness (QED) is 0.446. The molecule has 5 rings (SSSR count). The van der Waals surface area contributed by atoms with E-state index in [0.717, 1.165) is 44.5 Å². The molecule has 0 saturated heterocycles. The summed E-state index contributed by atoms with van der Waals surface area (Å²) in [6.45, 7) is 13.8. The number of fused-ring (bicyclic) bond motifs is 3. The van der Waals surface area contributed by atoms with Gasteiger partial charge in [0.1, 0.15) is 0 Å². The van der Waals surface area contributed by atoms with Gasteiger partial charge in [0.25, 0.3) is 0 Å². The average molecular weight is 467 g/mol. The molecule has 180 valence electrons. The number of rotatable bonds is 2. The van der Waals surface area contributed by atoms with Gasteiger partial charge in [0, 0.05) is 11.1 Å². The number of hydrogen-bond donors (Lipinski definition) is 0. The first-order valence-corrected chi connectivity index (χ1v) is 12.7. The van der Waals surface area contributed by atoms with Gasteiger partial charge in [0.15, 0.2) is 17.3 Å². The van der Waals surface area contributed by atoms with Crippen LogP contribution in [0.3, 0.4) is 0 Å². The fourth-order valence-electron chi connectivity index (χ4n) is 7.63. The van der Waals surface area contributed by atoms with Crippen LogP contribution >= 0.6 is 0 Å². The number of Topliss-reactive ketones (excluding diaryl/α,β-unsaturated/α-hetero) is 3. The topological polar surface area (TPSA) is 51.2 Å². The lowest BCUT2D eigenvalue weighted by atomic mass is 9.47. The number of carbonyl (C=O) groups is 3. The molecule has 0 fully saturated rings. The first-order chi connectivity index (χ1) is 16.5. The van der Waals surface area contributed by atoms with E-state index in [1.54, 1.807) is 0 Å². The molecule has 0 radical (unpaired) electrons. The van der Waals surface area contributed by atoms with Gasteiger partial charge in [0.05, 0.1) is 11.0 Å². The minimum Gasteiger partial charge on any atom is -0.294 e. The predicted octanol–water partition coefficient (Wildman–Crippen LogP) is 7.05. The summed E-state index contributed by atoms with van der Waals surface area (Å²) in [6.07, 6.45) is 0.715. The van der Waals surface area contributed by atoms with Crippen molar-refractivity contribution in [1.82, 2.24) is 0 Å². The summed E-state index contributed by atoms with van der Waals surface area (Å²) in [5.41, 5.74) is 7.23. The van der Waals surface area contributed by atoms with E-state index in [4.69, 9.17) is 0 Å². The fourth-order valence-corrected chi connectivity index (χ4v) is 7.63. The average Bonchev–Trinajstić information content (AvgIpc) is 2.82. The number of carbonyl (C=O) groups excluding carboxylic acids is 3. The van der Waals surface area contributed by atoms with Crippen LogP contribution in [0.2, 0.25) is 0 Å². The van der Waals surface area contributed by atoms with Crippen molar-refractivity contribution in [2.75, 3.05) is 0 Å². The molecule has 3 aliphatic carbocycles. The second-order valence-electron chi connectivity index (χ2n) is 11.2. The molecule has 0 amide bonds. The van der Waals surface area contributed by atoms with E-state index >= 15 is 0 Å². The van der Waals surface area contributed by atoms with Crippen LogP contribution in [0.4, 0.5) is 0 Å². The lowest BCUT2D eigenvalue weighted by molar-refractivity contribution is -0.130. The molecule has 0 aromatic heterocycles. The Morgan fingerprint density at radius 2 is 1.63 bits per heavy atom. The van der Waals surface area contributed by atoms with Gasteiger partial charge in [-0.25, -0.2) is 0 Å². The molecule has 35 heavy (non-hydrogen) atoms. The van der Waals surface area contributed by atoms with Crippen LogP contribution in [0.1, 0.15) is 75.4 Å². The summed E-state index contributed by atoms with van der Waals surface area (Å²) < 4.78 is 0. The predicted molar refractivity (Wildman–Crippen MR) is 139 cm³/mol. The van der Waals surface area contributed by atoms with Crippen LogP contribution in [0.15, 0.2) is 64.8 Å². The molecule has 3 heteroatoms. The van der Waals surface area contributed by atoms with E-state index in [9.17, 15) is 14.4 Å². The molecule has 0 heterocycles. The van der Waals surface area contributed by atoms with Gasteiger partial charge >= 0.3 is 0 Å². The molecule has 5 atom stereocenters. The lowest BCUT2D eigenvalue weighted by Crippen LogP contribution is -2.53.